The number of halogens is 1. The Bertz CT molecular complexity index is 678. The first-order valence-corrected chi connectivity index (χ1v) is 9.40. The number of nitrogens with zero attached hydrogens (tertiary/aromatic N) is 2. The summed E-state index contributed by atoms with van der Waals surface area (Å²) in [6, 6.07) is 7.52. The molecule has 2 rings (SSSR count). The lowest BCUT2D eigenvalue weighted by Crippen LogP contribution is -2.13. The van der Waals surface area contributed by atoms with Gasteiger partial charge in [-0.1, -0.05) is 23.1 Å². The first kappa shape index (κ1) is 17.9. The third-order valence-corrected chi connectivity index (χ3v) is 5.04. The maximum absolute atomic E-state index is 11.9. The Labute approximate surface area is 154 Å². The highest BCUT2D eigenvalue weighted by Gasteiger charge is 2.11. The normalized spacial score (nSPS) is 10.2. The van der Waals surface area contributed by atoms with Gasteiger partial charge in [0.1, 0.15) is 0 Å². The molecule has 1 aromatic heterocycles. The van der Waals surface area contributed by atoms with E-state index in [1.165, 1.54) is 23.1 Å². The Morgan fingerprint density at radius 2 is 2.00 bits per heavy atom. The van der Waals surface area contributed by atoms with Crippen molar-refractivity contribution in [3.05, 3.63) is 27.8 Å². The molecule has 0 aliphatic heterocycles. The van der Waals surface area contributed by atoms with Gasteiger partial charge in [0.2, 0.25) is 11.0 Å². The van der Waals surface area contributed by atoms with Crippen molar-refractivity contribution < 1.29 is 14.3 Å². The number of carbonyl (C=O) groups excluding carboxylic acids is 2. The molecule has 0 atom stereocenters. The zero-order chi connectivity index (χ0) is 16.7. The fourth-order valence-electron chi connectivity index (χ4n) is 1.43. The molecule has 7 nitrogen and oxygen atoms in total. The minimum Gasteiger partial charge on any atom is -0.450 e. The molecule has 0 bridgehead atoms. The summed E-state index contributed by atoms with van der Waals surface area (Å²) in [5.41, 5.74) is 0.748. The topological polar surface area (TPSA) is 93.2 Å². The molecule has 0 radical (unpaired) electrons. The number of rotatable bonds is 6. The van der Waals surface area contributed by atoms with E-state index in [1.807, 2.05) is 24.3 Å². The van der Waals surface area contributed by atoms with E-state index in [0.29, 0.717) is 9.47 Å². The van der Waals surface area contributed by atoms with Gasteiger partial charge in [0.05, 0.1) is 12.4 Å². The van der Waals surface area contributed by atoms with Crippen molar-refractivity contribution >= 4 is 68.5 Å². The molecule has 1 aromatic carbocycles. The monoisotopic (exact) mass is 464 g/mol. The molecule has 122 valence electrons. The zero-order valence-corrected chi connectivity index (χ0v) is 15.8. The third kappa shape index (κ3) is 6.31. The molecule has 0 aliphatic rings. The van der Waals surface area contributed by atoms with Crippen molar-refractivity contribution in [1.29, 1.82) is 0 Å². The highest BCUT2D eigenvalue weighted by Crippen LogP contribution is 2.25. The van der Waals surface area contributed by atoms with Crippen LogP contribution in [0.5, 0.6) is 0 Å². The summed E-state index contributed by atoms with van der Waals surface area (Å²) in [5.74, 6) is 0.0753. The lowest BCUT2D eigenvalue weighted by atomic mass is 10.3. The molecule has 0 fully saturated rings. The maximum Gasteiger partial charge on any atom is 0.413 e. The Kier molecular flexibility index (Phi) is 7.05. The van der Waals surface area contributed by atoms with Gasteiger partial charge in [0.25, 0.3) is 0 Å². The molecular weight excluding hydrogens is 451 g/mol. The highest BCUT2D eigenvalue weighted by atomic mass is 127. The summed E-state index contributed by atoms with van der Waals surface area (Å²) in [6.07, 6.45) is -0.573. The molecule has 0 unspecified atom stereocenters. The minimum atomic E-state index is -0.573. The summed E-state index contributed by atoms with van der Waals surface area (Å²) in [6.45, 7) is 2.00. The molecule has 10 heteroatoms. The van der Waals surface area contributed by atoms with E-state index < -0.39 is 6.09 Å². The number of ether oxygens (including phenoxy) is 1. The van der Waals surface area contributed by atoms with Crippen LogP contribution >= 0.6 is 45.7 Å². The zero-order valence-electron chi connectivity index (χ0n) is 12.0. The molecular formula is C13H13IN4O3S2. The molecule has 2 N–H and O–H groups in total. The number of amides is 2. The lowest BCUT2D eigenvalue weighted by molar-refractivity contribution is -0.113. The Morgan fingerprint density at radius 1 is 1.26 bits per heavy atom. The summed E-state index contributed by atoms with van der Waals surface area (Å²) in [4.78, 5) is 23.1. The lowest BCUT2D eigenvalue weighted by Gasteiger charge is -2.03. The van der Waals surface area contributed by atoms with E-state index in [0.717, 1.165) is 9.26 Å². The van der Waals surface area contributed by atoms with Crippen LogP contribution < -0.4 is 10.6 Å². The number of nitrogens with one attached hydrogen (secondary N) is 2. The summed E-state index contributed by atoms with van der Waals surface area (Å²) >= 11 is 4.64. The van der Waals surface area contributed by atoms with Crippen LogP contribution in [0.4, 0.5) is 15.6 Å². The van der Waals surface area contributed by atoms with Crippen molar-refractivity contribution in [2.24, 2.45) is 0 Å². The van der Waals surface area contributed by atoms with E-state index in [-0.39, 0.29) is 18.3 Å². The van der Waals surface area contributed by atoms with Gasteiger partial charge in [-0.05, 0) is 53.8 Å². The molecule has 1 heterocycles. The number of aromatic nitrogens is 2. The minimum absolute atomic E-state index is 0.133. The van der Waals surface area contributed by atoms with E-state index in [9.17, 15) is 9.59 Å². The highest BCUT2D eigenvalue weighted by molar-refractivity contribution is 14.1. The molecule has 0 aliphatic carbocycles. The van der Waals surface area contributed by atoms with Crippen LogP contribution in [0.25, 0.3) is 0 Å². The predicted octanol–water partition coefficient (Wildman–Crippen LogP) is 3.44. The van der Waals surface area contributed by atoms with Crippen molar-refractivity contribution in [3.8, 4) is 0 Å². The molecule has 23 heavy (non-hydrogen) atoms. The molecule has 0 saturated heterocycles. The standard InChI is InChI=1S/C13H13IN4O3S2/c1-2-21-12(20)16-11-17-18-13(23-11)22-7-10(19)15-9-5-3-8(14)4-6-9/h3-6H,2,7H2,1H3,(H,15,19)(H,16,17,20). The largest absolute Gasteiger partial charge is 0.450 e. The van der Waals surface area contributed by atoms with Gasteiger partial charge in [-0.15, -0.1) is 10.2 Å². The average Bonchev–Trinajstić information content (AvgIpc) is 2.95. The summed E-state index contributed by atoms with van der Waals surface area (Å²) in [5, 5.41) is 13.3. The number of thioether (sulfide) groups is 1. The first-order valence-electron chi connectivity index (χ1n) is 6.52. The van der Waals surface area contributed by atoms with Crippen molar-refractivity contribution in [2.75, 3.05) is 23.0 Å². The molecule has 2 amide bonds. The van der Waals surface area contributed by atoms with Gasteiger partial charge >= 0.3 is 6.09 Å². The molecule has 2 aromatic rings. The van der Waals surface area contributed by atoms with Gasteiger partial charge in [0, 0.05) is 9.26 Å². The van der Waals surface area contributed by atoms with Crippen LogP contribution in [0.2, 0.25) is 0 Å². The second-order valence-corrected chi connectivity index (χ2v) is 7.51. The van der Waals surface area contributed by atoms with Gasteiger partial charge < -0.3 is 10.1 Å². The Hall–Kier alpha value is -1.40. The Balaban J connectivity index is 1.79. The Morgan fingerprint density at radius 3 is 2.70 bits per heavy atom. The van der Waals surface area contributed by atoms with Crippen molar-refractivity contribution in [3.63, 3.8) is 0 Å². The van der Waals surface area contributed by atoms with Gasteiger partial charge in [0.15, 0.2) is 4.34 Å². The van der Waals surface area contributed by atoms with Crippen LogP contribution in [0.3, 0.4) is 0 Å². The summed E-state index contributed by atoms with van der Waals surface area (Å²) in [7, 11) is 0. The predicted molar refractivity (Wildman–Crippen MR) is 99.1 cm³/mol. The number of anilines is 2. The van der Waals surface area contributed by atoms with Gasteiger partial charge in [-0.2, -0.15) is 0 Å². The smallest absolute Gasteiger partial charge is 0.413 e. The van der Waals surface area contributed by atoms with Crippen molar-refractivity contribution in [2.45, 2.75) is 11.3 Å². The van der Waals surface area contributed by atoms with Crippen LogP contribution in [-0.4, -0.2) is 34.6 Å². The fourth-order valence-corrected chi connectivity index (χ4v) is 3.33. The van der Waals surface area contributed by atoms with Gasteiger partial charge in [-0.3, -0.25) is 10.1 Å². The van der Waals surface area contributed by atoms with Gasteiger partial charge in [-0.25, -0.2) is 4.79 Å². The number of hydrogen-bond donors (Lipinski definition) is 2. The van der Waals surface area contributed by atoms with E-state index >= 15 is 0 Å². The summed E-state index contributed by atoms with van der Waals surface area (Å²) < 4.78 is 6.44. The van der Waals surface area contributed by atoms with Crippen LogP contribution in [-0.2, 0) is 9.53 Å². The van der Waals surface area contributed by atoms with Crippen LogP contribution in [0.1, 0.15) is 6.92 Å². The number of carbonyl (C=O) groups is 2. The number of benzene rings is 1. The van der Waals surface area contributed by atoms with Crippen LogP contribution in [0, 0.1) is 3.57 Å². The second kappa shape index (κ2) is 9.03. The SMILES string of the molecule is CCOC(=O)Nc1nnc(SCC(=O)Nc2ccc(I)cc2)s1. The quantitative estimate of drug-likeness (QED) is 0.387. The first-order chi connectivity index (χ1) is 11.1. The van der Waals surface area contributed by atoms with E-state index in [2.05, 4.69) is 43.4 Å². The van der Waals surface area contributed by atoms with E-state index in [1.54, 1.807) is 6.92 Å². The van der Waals surface area contributed by atoms with E-state index in [4.69, 9.17) is 4.74 Å². The number of hydrogen-bond acceptors (Lipinski definition) is 7. The maximum atomic E-state index is 11.9. The van der Waals surface area contributed by atoms with Crippen molar-refractivity contribution in [1.82, 2.24) is 10.2 Å². The molecule has 0 saturated carbocycles. The fraction of sp³-hybridized carbons (Fsp3) is 0.231. The third-order valence-electron chi connectivity index (χ3n) is 2.35. The molecule has 0 spiro atoms. The second-order valence-electron chi connectivity index (χ2n) is 4.06. The van der Waals surface area contributed by atoms with Crippen LogP contribution in [0.15, 0.2) is 28.6 Å². The average molecular weight is 464 g/mol.